The minimum absolute atomic E-state index is 0.332. The summed E-state index contributed by atoms with van der Waals surface area (Å²) in [5.74, 6) is 6.00. The summed E-state index contributed by atoms with van der Waals surface area (Å²) in [5.41, 5.74) is 5.55. The van der Waals surface area contributed by atoms with Gasteiger partial charge in [0, 0.05) is 12.8 Å². The SMILES string of the molecule is CC(=O)CCCCCCCCCCCCCCCCC(N)=NN. The molecule has 0 unspecified atom stereocenters. The van der Waals surface area contributed by atoms with Crippen LogP contribution in [0.1, 0.15) is 110 Å². The Hall–Kier alpha value is -1.06. The van der Waals surface area contributed by atoms with E-state index in [0.29, 0.717) is 11.6 Å². The summed E-state index contributed by atoms with van der Waals surface area (Å²) in [6.45, 7) is 1.69. The summed E-state index contributed by atoms with van der Waals surface area (Å²) >= 11 is 0. The quantitative estimate of drug-likeness (QED) is 0.129. The van der Waals surface area contributed by atoms with Crippen molar-refractivity contribution >= 4 is 11.6 Å². The number of nitrogens with two attached hydrogens (primary N) is 2. The van der Waals surface area contributed by atoms with Crippen molar-refractivity contribution in [3.63, 3.8) is 0 Å². The van der Waals surface area contributed by atoms with Crippen LogP contribution in [-0.2, 0) is 4.79 Å². The summed E-state index contributed by atoms with van der Waals surface area (Å²) in [7, 11) is 0. The molecule has 0 fully saturated rings. The van der Waals surface area contributed by atoms with E-state index in [-0.39, 0.29) is 0 Å². The monoisotopic (exact) mass is 325 g/mol. The maximum absolute atomic E-state index is 10.8. The van der Waals surface area contributed by atoms with Crippen LogP contribution in [0.4, 0.5) is 0 Å². The van der Waals surface area contributed by atoms with Gasteiger partial charge in [-0.25, -0.2) is 0 Å². The number of amidine groups is 1. The van der Waals surface area contributed by atoms with Crippen molar-refractivity contribution in [3.8, 4) is 0 Å². The molecule has 0 saturated carbocycles. The topological polar surface area (TPSA) is 81.5 Å². The van der Waals surface area contributed by atoms with Gasteiger partial charge in [-0.3, -0.25) is 0 Å². The number of unbranched alkanes of at least 4 members (excludes halogenated alkanes) is 13. The molecule has 0 atom stereocenters. The third kappa shape index (κ3) is 18.9. The van der Waals surface area contributed by atoms with Crippen LogP contribution in [0.5, 0.6) is 0 Å². The van der Waals surface area contributed by atoms with Crippen molar-refractivity contribution in [3.05, 3.63) is 0 Å². The molecule has 0 aliphatic carbocycles. The molecule has 0 amide bonds. The first-order chi connectivity index (χ1) is 11.2. The van der Waals surface area contributed by atoms with Crippen LogP contribution in [-0.4, -0.2) is 11.6 Å². The third-order valence-electron chi connectivity index (χ3n) is 4.38. The van der Waals surface area contributed by atoms with E-state index in [1.807, 2.05) is 0 Å². The minimum Gasteiger partial charge on any atom is -0.386 e. The van der Waals surface area contributed by atoms with Crippen molar-refractivity contribution in [1.82, 2.24) is 0 Å². The first-order valence-corrected chi connectivity index (χ1v) is 9.68. The van der Waals surface area contributed by atoms with E-state index < -0.39 is 0 Å². The molecule has 0 aliphatic rings. The highest BCUT2D eigenvalue weighted by Crippen LogP contribution is 2.13. The Morgan fingerprint density at radius 3 is 1.26 bits per heavy atom. The lowest BCUT2D eigenvalue weighted by Crippen LogP contribution is -2.13. The molecule has 0 radical (unpaired) electrons. The number of nitrogens with zero attached hydrogens (tertiary/aromatic N) is 1. The molecule has 4 nitrogen and oxygen atoms in total. The number of carbonyl (C=O) groups is 1. The lowest BCUT2D eigenvalue weighted by atomic mass is 10.0. The first kappa shape index (κ1) is 21.9. The fourth-order valence-electron chi connectivity index (χ4n) is 2.87. The number of hydrogen-bond acceptors (Lipinski definition) is 3. The van der Waals surface area contributed by atoms with Gasteiger partial charge in [0.15, 0.2) is 0 Å². The highest BCUT2D eigenvalue weighted by Gasteiger charge is 1.96. The normalized spacial score (nSPS) is 11.8. The zero-order valence-electron chi connectivity index (χ0n) is 15.3. The van der Waals surface area contributed by atoms with Crippen LogP contribution in [0, 0.1) is 0 Å². The number of carbonyl (C=O) groups excluding carboxylic acids is 1. The molecule has 4 N–H and O–H groups in total. The first-order valence-electron chi connectivity index (χ1n) is 9.68. The highest BCUT2D eigenvalue weighted by molar-refractivity contribution is 5.79. The largest absolute Gasteiger partial charge is 0.386 e. The van der Waals surface area contributed by atoms with Gasteiger partial charge < -0.3 is 16.4 Å². The van der Waals surface area contributed by atoms with Gasteiger partial charge in [0.25, 0.3) is 0 Å². The molecule has 23 heavy (non-hydrogen) atoms. The maximum Gasteiger partial charge on any atom is 0.129 e. The standard InChI is InChI=1S/C19H39N3O/c1-18(23)16-14-12-10-8-6-4-2-3-5-7-9-11-13-15-17-19(20)22-21/h2-17,21H2,1H3,(H2,20,22). The fourth-order valence-corrected chi connectivity index (χ4v) is 2.87. The van der Waals surface area contributed by atoms with E-state index in [1.54, 1.807) is 6.92 Å². The Balaban J connectivity index is 3.04. The van der Waals surface area contributed by atoms with E-state index in [4.69, 9.17) is 11.6 Å². The smallest absolute Gasteiger partial charge is 0.129 e. The van der Waals surface area contributed by atoms with Gasteiger partial charge in [-0.15, -0.1) is 0 Å². The molecular formula is C19H39N3O. The van der Waals surface area contributed by atoms with Gasteiger partial charge in [0.1, 0.15) is 11.6 Å². The van der Waals surface area contributed by atoms with Gasteiger partial charge in [0.2, 0.25) is 0 Å². The molecule has 4 heteroatoms. The second kappa shape index (κ2) is 17.3. The molecule has 0 aromatic heterocycles. The van der Waals surface area contributed by atoms with Gasteiger partial charge in [-0.1, -0.05) is 77.0 Å². The number of rotatable bonds is 17. The lowest BCUT2D eigenvalue weighted by Gasteiger charge is -2.03. The van der Waals surface area contributed by atoms with E-state index in [2.05, 4.69) is 5.10 Å². The van der Waals surface area contributed by atoms with Gasteiger partial charge in [-0.2, -0.15) is 5.10 Å². The molecular weight excluding hydrogens is 286 g/mol. The zero-order valence-corrected chi connectivity index (χ0v) is 15.3. The van der Waals surface area contributed by atoms with Crippen molar-refractivity contribution < 1.29 is 4.79 Å². The maximum atomic E-state index is 10.8. The van der Waals surface area contributed by atoms with E-state index in [9.17, 15) is 4.79 Å². The van der Waals surface area contributed by atoms with Crippen LogP contribution in [0.2, 0.25) is 0 Å². The Bertz CT molecular complexity index is 303. The van der Waals surface area contributed by atoms with E-state index in [0.717, 1.165) is 25.7 Å². The Labute approximate surface area is 143 Å². The third-order valence-corrected chi connectivity index (χ3v) is 4.38. The van der Waals surface area contributed by atoms with Crippen molar-refractivity contribution in [1.29, 1.82) is 0 Å². The average molecular weight is 326 g/mol. The number of Topliss-reactive ketones (excluding diaryl/α,β-unsaturated/α-hetero) is 1. The van der Waals surface area contributed by atoms with Gasteiger partial charge in [0.05, 0.1) is 0 Å². The molecule has 0 rings (SSSR count). The molecule has 0 aliphatic heterocycles. The van der Waals surface area contributed by atoms with Gasteiger partial charge >= 0.3 is 0 Å². The molecule has 136 valence electrons. The molecule has 0 aromatic rings. The predicted octanol–water partition coefficient (Wildman–Crippen LogP) is 5.05. The molecule has 0 heterocycles. The second-order valence-corrected chi connectivity index (χ2v) is 6.77. The average Bonchev–Trinajstić information content (AvgIpc) is 2.53. The van der Waals surface area contributed by atoms with Crippen LogP contribution in [0.3, 0.4) is 0 Å². The lowest BCUT2D eigenvalue weighted by molar-refractivity contribution is -0.117. The molecule has 0 spiro atoms. The zero-order chi connectivity index (χ0) is 17.2. The summed E-state index contributed by atoms with van der Waals surface area (Å²) in [4.78, 5) is 10.8. The van der Waals surface area contributed by atoms with Crippen molar-refractivity contribution in [2.75, 3.05) is 0 Å². The van der Waals surface area contributed by atoms with E-state index in [1.165, 1.54) is 77.0 Å². The number of ketones is 1. The summed E-state index contributed by atoms with van der Waals surface area (Å²) in [6, 6.07) is 0. The summed E-state index contributed by atoms with van der Waals surface area (Å²) in [5, 5.41) is 3.48. The van der Waals surface area contributed by atoms with Crippen molar-refractivity contribution in [2.45, 2.75) is 110 Å². The van der Waals surface area contributed by atoms with Crippen molar-refractivity contribution in [2.24, 2.45) is 16.7 Å². The number of hydrogen-bond donors (Lipinski definition) is 2. The van der Waals surface area contributed by atoms with E-state index >= 15 is 0 Å². The molecule has 0 bridgehead atoms. The minimum atomic E-state index is 0.332. The number of hydrazone groups is 1. The highest BCUT2D eigenvalue weighted by atomic mass is 16.1. The van der Waals surface area contributed by atoms with Gasteiger partial charge in [-0.05, 0) is 19.8 Å². The summed E-state index contributed by atoms with van der Waals surface area (Å²) < 4.78 is 0. The Kier molecular flexibility index (Phi) is 16.5. The second-order valence-electron chi connectivity index (χ2n) is 6.77. The Morgan fingerprint density at radius 2 is 0.957 bits per heavy atom. The molecule has 0 aromatic carbocycles. The van der Waals surface area contributed by atoms with Crippen LogP contribution < -0.4 is 11.6 Å². The summed E-state index contributed by atoms with van der Waals surface area (Å²) in [6.07, 6.45) is 19.8. The Morgan fingerprint density at radius 1 is 0.652 bits per heavy atom. The van der Waals surface area contributed by atoms with Crippen LogP contribution >= 0.6 is 0 Å². The van der Waals surface area contributed by atoms with Crippen LogP contribution in [0.25, 0.3) is 0 Å². The predicted molar refractivity (Wildman–Crippen MR) is 100 cm³/mol. The van der Waals surface area contributed by atoms with Crippen LogP contribution in [0.15, 0.2) is 5.10 Å². The fraction of sp³-hybridized carbons (Fsp3) is 0.895. The molecule has 0 saturated heterocycles.